The number of benzene rings is 2. The van der Waals surface area contributed by atoms with Gasteiger partial charge in [-0.3, -0.25) is 9.48 Å². The van der Waals surface area contributed by atoms with Gasteiger partial charge in [0.15, 0.2) is 0 Å². The van der Waals surface area contributed by atoms with Gasteiger partial charge in [-0.1, -0.05) is 30.3 Å². The summed E-state index contributed by atoms with van der Waals surface area (Å²) in [5, 5.41) is 8.48. The average Bonchev–Trinajstić information content (AvgIpc) is 3.05. The van der Waals surface area contributed by atoms with Crippen LogP contribution < -0.4 is 10.1 Å². The van der Waals surface area contributed by atoms with Gasteiger partial charge >= 0.3 is 0 Å². The third kappa shape index (κ3) is 4.18. The highest BCUT2D eigenvalue weighted by Crippen LogP contribution is 2.18. The van der Waals surface area contributed by atoms with Crippen LogP contribution >= 0.6 is 0 Å². The number of methoxy groups -OCH3 is 1. The molecule has 2 aromatic carbocycles. The minimum Gasteiger partial charge on any atom is -0.497 e. The van der Waals surface area contributed by atoms with E-state index in [9.17, 15) is 4.79 Å². The van der Waals surface area contributed by atoms with E-state index in [4.69, 9.17) is 4.74 Å². The number of ether oxygens (including phenoxy) is 1. The van der Waals surface area contributed by atoms with Crippen molar-refractivity contribution in [1.29, 1.82) is 0 Å². The number of para-hydroxylation sites is 1. The van der Waals surface area contributed by atoms with Crippen LogP contribution in [0.3, 0.4) is 0 Å². The molecule has 0 unspecified atom stereocenters. The van der Waals surface area contributed by atoms with Crippen molar-refractivity contribution < 1.29 is 9.53 Å². The lowest BCUT2D eigenvalue weighted by Gasteiger charge is -2.08. The first-order valence-corrected chi connectivity index (χ1v) is 8.48. The monoisotopic (exact) mass is 337 g/mol. The number of nitrogens with one attached hydrogen (secondary N) is 1. The van der Waals surface area contributed by atoms with Crippen LogP contribution in [0.5, 0.6) is 5.75 Å². The number of aromatic nitrogens is 2. The van der Waals surface area contributed by atoms with Crippen LogP contribution in [-0.4, -0.2) is 29.3 Å². The Hall–Kier alpha value is -2.82. The first-order valence-electron chi connectivity index (χ1n) is 8.48. The van der Waals surface area contributed by atoms with Crippen LogP contribution in [-0.2, 0) is 17.8 Å². The molecule has 1 aromatic heterocycles. The highest BCUT2D eigenvalue weighted by Gasteiger charge is 2.07. The molecule has 1 N–H and O–H groups in total. The van der Waals surface area contributed by atoms with Crippen molar-refractivity contribution in [2.45, 2.75) is 26.3 Å². The van der Waals surface area contributed by atoms with Crippen LogP contribution in [0.1, 0.15) is 17.5 Å². The fraction of sp³-hybridized carbons (Fsp3) is 0.300. The Morgan fingerprint density at radius 3 is 2.92 bits per heavy atom. The van der Waals surface area contributed by atoms with Crippen molar-refractivity contribution in [2.24, 2.45) is 0 Å². The zero-order valence-corrected chi connectivity index (χ0v) is 14.7. The Morgan fingerprint density at radius 1 is 1.24 bits per heavy atom. The second-order valence-electron chi connectivity index (χ2n) is 6.08. The van der Waals surface area contributed by atoms with E-state index in [0.29, 0.717) is 19.5 Å². The molecular formula is C20H23N3O2. The van der Waals surface area contributed by atoms with Gasteiger partial charge in [0.25, 0.3) is 0 Å². The van der Waals surface area contributed by atoms with Crippen LogP contribution in [0.15, 0.2) is 48.7 Å². The molecule has 3 aromatic rings. The van der Waals surface area contributed by atoms with Crippen molar-refractivity contribution in [3.05, 3.63) is 59.8 Å². The maximum Gasteiger partial charge on any atom is 0.221 e. The number of carbonyl (C=O) groups excluding carboxylic acids is 1. The molecule has 25 heavy (non-hydrogen) atoms. The number of rotatable bonds is 7. The lowest BCUT2D eigenvalue weighted by Crippen LogP contribution is -2.26. The van der Waals surface area contributed by atoms with E-state index in [2.05, 4.69) is 23.4 Å². The predicted molar refractivity (Wildman–Crippen MR) is 98.8 cm³/mol. The van der Waals surface area contributed by atoms with Crippen molar-refractivity contribution in [3.63, 3.8) is 0 Å². The maximum atomic E-state index is 12.1. The van der Waals surface area contributed by atoms with E-state index in [1.54, 1.807) is 7.11 Å². The molecule has 0 saturated carbocycles. The minimum absolute atomic E-state index is 0.0418. The molecule has 0 bridgehead atoms. The van der Waals surface area contributed by atoms with Gasteiger partial charge < -0.3 is 10.1 Å². The van der Waals surface area contributed by atoms with Gasteiger partial charge in [0.2, 0.25) is 5.91 Å². The lowest BCUT2D eigenvalue weighted by molar-refractivity contribution is -0.121. The predicted octanol–water partition coefficient (Wildman–Crippen LogP) is 3.10. The molecule has 0 aliphatic heterocycles. The van der Waals surface area contributed by atoms with Gasteiger partial charge in [-0.15, -0.1) is 0 Å². The Bertz CT molecular complexity index is 870. The molecule has 0 atom stereocenters. The third-order valence-corrected chi connectivity index (χ3v) is 4.28. The zero-order chi connectivity index (χ0) is 17.6. The second kappa shape index (κ2) is 7.83. The number of aryl methyl sites for hydroxylation is 2. The van der Waals surface area contributed by atoms with Crippen molar-refractivity contribution in [3.8, 4) is 5.75 Å². The largest absolute Gasteiger partial charge is 0.497 e. The molecule has 0 saturated heterocycles. The van der Waals surface area contributed by atoms with E-state index in [-0.39, 0.29) is 5.91 Å². The van der Waals surface area contributed by atoms with E-state index < -0.39 is 0 Å². The van der Waals surface area contributed by atoms with Crippen LogP contribution in [0.25, 0.3) is 10.9 Å². The standard InChI is InChI=1S/C20H23N3O2/c1-15-5-3-7-17-14-22-23(20(15)17)12-10-19(24)21-11-9-16-6-4-8-18(13-16)25-2/h3-8,13-14H,9-12H2,1-2H3,(H,21,24). The normalized spacial score (nSPS) is 10.8. The molecular weight excluding hydrogens is 314 g/mol. The number of carbonyl (C=O) groups is 1. The molecule has 0 radical (unpaired) electrons. The minimum atomic E-state index is 0.0418. The number of fused-ring (bicyclic) bond motifs is 1. The first kappa shape index (κ1) is 17.0. The van der Waals surface area contributed by atoms with Gasteiger partial charge in [-0.05, 0) is 36.6 Å². The van der Waals surface area contributed by atoms with E-state index >= 15 is 0 Å². The number of amides is 1. The lowest BCUT2D eigenvalue weighted by atomic mass is 10.1. The summed E-state index contributed by atoms with van der Waals surface area (Å²) in [6, 6.07) is 14.0. The molecule has 1 heterocycles. The summed E-state index contributed by atoms with van der Waals surface area (Å²) in [4.78, 5) is 12.1. The van der Waals surface area contributed by atoms with Crippen LogP contribution in [0.4, 0.5) is 0 Å². The van der Waals surface area contributed by atoms with Crippen LogP contribution in [0.2, 0.25) is 0 Å². The third-order valence-electron chi connectivity index (χ3n) is 4.28. The molecule has 0 aliphatic carbocycles. The summed E-state index contributed by atoms with van der Waals surface area (Å²) in [5.41, 5.74) is 3.42. The van der Waals surface area contributed by atoms with Gasteiger partial charge in [-0.25, -0.2) is 0 Å². The molecule has 0 fully saturated rings. The summed E-state index contributed by atoms with van der Waals surface area (Å²) < 4.78 is 7.12. The maximum absolute atomic E-state index is 12.1. The molecule has 5 nitrogen and oxygen atoms in total. The highest BCUT2D eigenvalue weighted by atomic mass is 16.5. The van der Waals surface area contributed by atoms with Gasteiger partial charge in [-0.2, -0.15) is 5.10 Å². The van der Waals surface area contributed by atoms with Gasteiger partial charge in [0.1, 0.15) is 5.75 Å². The quantitative estimate of drug-likeness (QED) is 0.721. The smallest absolute Gasteiger partial charge is 0.221 e. The molecule has 0 aliphatic rings. The molecule has 5 heteroatoms. The summed E-state index contributed by atoms with van der Waals surface area (Å²) in [6.07, 6.45) is 3.05. The summed E-state index contributed by atoms with van der Waals surface area (Å²) in [6.45, 7) is 3.26. The van der Waals surface area contributed by atoms with E-state index in [1.807, 2.05) is 47.3 Å². The summed E-state index contributed by atoms with van der Waals surface area (Å²) in [7, 11) is 1.65. The molecule has 1 amide bonds. The Morgan fingerprint density at radius 2 is 2.08 bits per heavy atom. The topological polar surface area (TPSA) is 56.1 Å². The number of hydrogen-bond acceptors (Lipinski definition) is 3. The van der Waals surface area contributed by atoms with Crippen LogP contribution in [0, 0.1) is 6.92 Å². The van der Waals surface area contributed by atoms with Gasteiger partial charge in [0.05, 0.1) is 25.4 Å². The molecule has 0 spiro atoms. The highest BCUT2D eigenvalue weighted by molar-refractivity contribution is 5.82. The summed E-state index contributed by atoms with van der Waals surface area (Å²) in [5.74, 6) is 0.880. The number of nitrogens with zero attached hydrogens (tertiary/aromatic N) is 2. The van der Waals surface area contributed by atoms with Gasteiger partial charge in [0, 0.05) is 18.4 Å². The van der Waals surface area contributed by atoms with Crippen molar-refractivity contribution in [1.82, 2.24) is 15.1 Å². The van der Waals surface area contributed by atoms with Crippen molar-refractivity contribution >= 4 is 16.8 Å². The van der Waals surface area contributed by atoms with E-state index in [0.717, 1.165) is 28.6 Å². The average molecular weight is 337 g/mol. The fourth-order valence-electron chi connectivity index (χ4n) is 2.97. The van der Waals surface area contributed by atoms with Crippen molar-refractivity contribution in [2.75, 3.05) is 13.7 Å². The molecule has 3 rings (SSSR count). The fourth-order valence-corrected chi connectivity index (χ4v) is 2.97. The molecule has 130 valence electrons. The number of hydrogen-bond donors (Lipinski definition) is 1. The Balaban J connectivity index is 1.49. The second-order valence-corrected chi connectivity index (χ2v) is 6.08. The van der Waals surface area contributed by atoms with E-state index in [1.165, 1.54) is 5.56 Å². The first-order chi connectivity index (χ1) is 12.2. The summed E-state index contributed by atoms with van der Waals surface area (Å²) >= 11 is 0. The Labute approximate surface area is 147 Å². The SMILES string of the molecule is COc1cccc(CCNC(=O)CCn2ncc3cccc(C)c32)c1. The Kier molecular flexibility index (Phi) is 5.33. The zero-order valence-electron chi connectivity index (χ0n) is 14.7.